The van der Waals surface area contributed by atoms with Crippen molar-refractivity contribution >= 4 is 33.1 Å². The zero-order valence-electron chi connectivity index (χ0n) is 11.5. The number of carbonyl (C=O) groups is 1. The van der Waals surface area contributed by atoms with Crippen molar-refractivity contribution in [2.24, 2.45) is 7.05 Å². The van der Waals surface area contributed by atoms with E-state index >= 15 is 0 Å². The van der Waals surface area contributed by atoms with Gasteiger partial charge in [-0.1, -0.05) is 0 Å². The predicted octanol–water partition coefficient (Wildman–Crippen LogP) is 2.90. The third-order valence-corrected chi connectivity index (χ3v) is 4.02. The molecule has 1 N–H and O–H groups in total. The third kappa shape index (κ3) is 2.18. The first-order valence-electron chi connectivity index (χ1n) is 6.22. The number of aryl methyl sites for hydroxylation is 3. The van der Waals surface area contributed by atoms with E-state index in [9.17, 15) is 4.79 Å². The van der Waals surface area contributed by atoms with Crippen LogP contribution in [0, 0.1) is 13.8 Å². The smallest absolute Gasteiger partial charge is 0.274 e. The molecule has 0 bridgehead atoms. The van der Waals surface area contributed by atoms with Crippen molar-refractivity contribution in [3.63, 3.8) is 0 Å². The molecule has 0 saturated heterocycles. The lowest BCUT2D eigenvalue weighted by Crippen LogP contribution is -2.17. The summed E-state index contributed by atoms with van der Waals surface area (Å²) in [5.41, 5.74) is 3.17. The number of thiazole rings is 1. The van der Waals surface area contributed by atoms with Crippen molar-refractivity contribution in [2.45, 2.75) is 13.8 Å². The van der Waals surface area contributed by atoms with E-state index in [0.29, 0.717) is 5.69 Å². The number of amides is 1. The van der Waals surface area contributed by atoms with Crippen LogP contribution in [-0.4, -0.2) is 20.7 Å². The molecule has 1 amide bonds. The standard InChI is InChI=1S/C14H14N4OS/c1-8-7-15-18(3)13(8)14(19)17-10-4-5-11-12(6-10)20-9(2)16-11/h4-7H,1-3H3,(H,17,19). The summed E-state index contributed by atoms with van der Waals surface area (Å²) in [5, 5.41) is 8.01. The summed E-state index contributed by atoms with van der Waals surface area (Å²) in [4.78, 5) is 16.7. The molecule has 0 aliphatic rings. The number of hydrogen-bond acceptors (Lipinski definition) is 4. The molecule has 0 fully saturated rings. The van der Waals surface area contributed by atoms with E-state index in [1.807, 2.05) is 32.0 Å². The monoisotopic (exact) mass is 286 g/mol. The van der Waals surface area contributed by atoms with Crippen molar-refractivity contribution in [1.29, 1.82) is 0 Å². The quantitative estimate of drug-likeness (QED) is 0.788. The van der Waals surface area contributed by atoms with E-state index in [-0.39, 0.29) is 5.91 Å². The molecule has 3 rings (SSSR count). The average Bonchev–Trinajstić information content (AvgIpc) is 2.91. The number of nitrogens with one attached hydrogen (secondary N) is 1. The van der Waals surface area contributed by atoms with E-state index in [1.54, 1.807) is 29.3 Å². The van der Waals surface area contributed by atoms with Crippen LogP contribution in [0.25, 0.3) is 10.2 Å². The van der Waals surface area contributed by atoms with Gasteiger partial charge in [-0.25, -0.2) is 4.98 Å². The van der Waals surface area contributed by atoms with Crippen molar-refractivity contribution in [2.75, 3.05) is 5.32 Å². The molecular weight excluding hydrogens is 272 g/mol. The minimum Gasteiger partial charge on any atom is -0.321 e. The Bertz CT molecular complexity index is 783. The maximum Gasteiger partial charge on any atom is 0.274 e. The van der Waals surface area contributed by atoms with Gasteiger partial charge in [-0.3, -0.25) is 9.48 Å². The summed E-state index contributed by atoms with van der Waals surface area (Å²) in [6, 6.07) is 5.74. The summed E-state index contributed by atoms with van der Waals surface area (Å²) < 4.78 is 2.65. The van der Waals surface area contributed by atoms with Crippen LogP contribution in [0.2, 0.25) is 0 Å². The lowest BCUT2D eigenvalue weighted by Gasteiger charge is -2.06. The highest BCUT2D eigenvalue weighted by molar-refractivity contribution is 7.18. The molecule has 0 atom stereocenters. The normalized spacial score (nSPS) is 10.9. The van der Waals surface area contributed by atoms with Gasteiger partial charge in [-0.05, 0) is 37.6 Å². The van der Waals surface area contributed by atoms with E-state index in [1.165, 1.54) is 0 Å². The second kappa shape index (κ2) is 4.72. The van der Waals surface area contributed by atoms with E-state index in [0.717, 1.165) is 26.5 Å². The molecule has 102 valence electrons. The molecule has 0 saturated carbocycles. The summed E-state index contributed by atoms with van der Waals surface area (Å²) in [6.07, 6.45) is 1.69. The fourth-order valence-electron chi connectivity index (χ4n) is 2.18. The Morgan fingerprint density at radius 2 is 2.15 bits per heavy atom. The Labute approximate surface area is 120 Å². The number of benzene rings is 1. The Morgan fingerprint density at radius 3 is 2.85 bits per heavy atom. The Hall–Kier alpha value is -2.21. The molecule has 0 radical (unpaired) electrons. The lowest BCUT2D eigenvalue weighted by molar-refractivity contribution is 0.101. The third-order valence-electron chi connectivity index (χ3n) is 3.09. The summed E-state index contributed by atoms with van der Waals surface area (Å²) in [6.45, 7) is 3.85. The predicted molar refractivity (Wildman–Crippen MR) is 80.3 cm³/mol. The molecule has 2 heterocycles. The van der Waals surface area contributed by atoms with Gasteiger partial charge in [0.15, 0.2) is 0 Å². The Morgan fingerprint density at radius 1 is 1.35 bits per heavy atom. The fourth-order valence-corrected chi connectivity index (χ4v) is 3.05. The van der Waals surface area contributed by atoms with Crippen LogP contribution >= 0.6 is 11.3 Å². The van der Waals surface area contributed by atoms with Crippen molar-refractivity contribution < 1.29 is 4.79 Å². The molecule has 0 aliphatic carbocycles. The molecule has 0 aliphatic heterocycles. The summed E-state index contributed by atoms with van der Waals surface area (Å²) in [7, 11) is 1.76. The Kier molecular flexibility index (Phi) is 3.02. The van der Waals surface area contributed by atoms with Crippen LogP contribution < -0.4 is 5.32 Å². The molecule has 0 unspecified atom stereocenters. The minimum atomic E-state index is -0.150. The van der Waals surface area contributed by atoms with Crippen LogP contribution in [-0.2, 0) is 7.05 Å². The van der Waals surface area contributed by atoms with Gasteiger partial charge in [0, 0.05) is 12.7 Å². The van der Waals surface area contributed by atoms with Crippen LogP contribution in [0.1, 0.15) is 21.1 Å². The number of aromatic nitrogens is 3. The zero-order valence-corrected chi connectivity index (χ0v) is 12.3. The molecule has 2 aromatic heterocycles. The largest absolute Gasteiger partial charge is 0.321 e. The summed E-state index contributed by atoms with van der Waals surface area (Å²) >= 11 is 1.62. The lowest BCUT2D eigenvalue weighted by atomic mass is 10.2. The van der Waals surface area contributed by atoms with Gasteiger partial charge in [-0.2, -0.15) is 5.10 Å². The molecule has 20 heavy (non-hydrogen) atoms. The highest BCUT2D eigenvalue weighted by atomic mass is 32.1. The van der Waals surface area contributed by atoms with Gasteiger partial charge >= 0.3 is 0 Å². The highest BCUT2D eigenvalue weighted by Crippen LogP contribution is 2.25. The maximum absolute atomic E-state index is 12.3. The van der Waals surface area contributed by atoms with Gasteiger partial charge in [0.25, 0.3) is 5.91 Å². The van der Waals surface area contributed by atoms with Crippen LogP contribution in [0.4, 0.5) is 5.69 Å². The van der Waals surface area contributed by atoms with Gasteiger partial charge in [0.1, 0.15) is 5.69 Å². The number of anilines is 1. The van der Waals surface area contributed by atoms with E-state index < -0.39 is 0 Å². The molecule has 1 aromatic carbocycles. The van der Waals surface area contributed by atoms with Crippen LogP contribution in [0.5, 0.6) is 0 Å². The van der Waals surface area contributed by atoms with Gasteiger partial charge in [0.05, 0.1) is 21.4 Å². The first-order chi connectivity index (χ1) is 9.54. The number of hydrogen-bond donors (Lipinski definition) is 1. The van der Waals surface area contributed by atoms with Crippen LogP contribution in [0.15, 0.2) is 24.4 Å². The van der Waals surface area contributed by atoms with Gasteiger partial charge in [0.2, 0.25) is 0 Å². The first-order valence-corrected chi connectivity index (χ1v) is 7.03. The Balaban J connectivity index is 1.91. The first kappa shape index (κ1) is 12.8. The second-order valence-corrected chi connectivity index (χ2v) is 5.90. The SMILES string of the molecule is Cc1nc2ccc(NC(=O)c3c(C)cnn3C)cc2s1. The number of rotatable bonds is 2. The highest BCUT2D eigenvalue weighted by Gasteiger charge is 2.14. The molecular formula is C14H14N4OS. The van der Waals surface area contributed by atoms with Gasteiger partial charge < -0.3 is 5.32 Å². The molecule has 3 aromatic rings. The minimum absolute atomic E-state index is 0.150. The van der Waals surface area contributed by atoms with E-state index in [4.69, 9.17) is 0 Å². The number of carbonyl (C=O) groups excluding carboxylic acids is 1. The zero-order chi connectivity index (χ0) is 14.3. The van der Waals surface area contributed by atoms with Crippen molar-refractivity contribution in [1.82, 2.24) is 14.8 Å². The van der Waals surface area contributed by atoms with Crippen molar-refractivity contribution in [3.8, 4) is 0 Å². The van der Waals surface area contributed by atoms with Gasteiger partial charge in [-0.15, -0.1) is 11.3 Å². The van der Waals surface area contributed by atoms with Crippen LogP contribution in [0.3, 0.4) is 0 Å². The molecule has 0 spiro atoms. The second-order valence-electron chi connectivity index (χ2n) is 4.67. The number of fused-ring (bicyclic) bond motifs is 1. The molecule has 5 nitrogen and oxygen atoms in total. The van der Waals surface area contributed by atoms with Crippen molar-refractivity contribution in [3.05, 3.63) is 40.7 Å². The maximum atomic E-state index is 12.3. The summed E-state index contributed by atoms with van der Waals surface area (Å²) in [5.74, 6) is -0.150. The molecule has 6 heteroatoms. The van der Waals surface area contributed by atoms with E-state index in [2.05, 4.69) is 15.4 Å². The average molecular weight is 286 g/mol. The number of nitrogens with zero attached hydrogens (tertiary/aromatic N) is 3. The fraction of sp³-hybridized carbons (Fsp3) is 0.214. The topological polar surface area (TPSA) is 59.8 Å².